The number of methoxy groups -OCH3 is 2. The molecule has 1 aromatic heterocycles. The van der Waals surface area contributed by atoms with E-state index >= 15 is 0 Å². The van der Waals surface area contributed by atoms with Crippen LogP contribution in [0.4, 0.5) is 16.4 Å². The van der Waals surface area contributed by atoms with Crippen LogP contribution in [-0.2, 0) is 22.4 Å². The molecule has 0 radical (unpaired) electrons. The van der Waals surface area contributed by atoms with Gasteiger partial charge in [-0.2, -0.15) is 0 Å². The number of nitrogens with one attached hydrogen (secondary N) is 3. The minimum Gasteiger partial charge on any atom is -0.495 e. The summed E-state index contributed by atoms with van der Waals surface area (Å²) in [5.74, 6) is 0.519. The van der Waals surface area contributed by atoms with E-state index in [1.165, 1.54) is 35.8 Å². The molecule has 7 nitrogen and oxygen atoms in total. The minimum atomic E-state index is -0.409. The lowest BCUT2D eigenvalue weighted by Gasteiger charge is -2.22. The monoisotopic (exact) mass is 645 g/mol. The maximum Gasteiger partial charge on any atom is 0.341 e. The highest BCUT2D eigenvalue weighted by atomic mass is 32.2. The molecule has 0 fully saturated rings. The first-order valence-corrected chi connectivity index (χ1v) is 16.6. The summed E-state index contributed by atoms with van der Waals surface area (Å²) in [6, 6.07) is 25.8. The Kier molecular flexibility index (Phi) is 10.6. The maximum absolute atomic E-state index is 13.6. The predicted molar refractivity (Wildman–Crippen MR) is 185 cm³/mol. The SMILES string of the molecule is CCC(Sc1cccc(NC(=S)Nc2ccccc2OC)c1)C(=O)Nc1sc2c(c1C(=O)OC)CCC(c1ccccc1)C2. The fourth-order valence-electron chi connectivity index (χ4n) is 5.36. The zero-order chi connectivity index (χ0) is 31.1. The zero-order valence-electron chi connectivity index (χ0n) is 24.8. The number of anilines is 3. The number of carbonyl (C=O) groups is 2. The Morgan fingerprint density at radius 2 is 1.77 bits per heavy atom. The van der Waals surface area contributed by atoms with Gasteiger partial charge in [-0.25, -0.2) is 4.79 Å². The zero-order valence-corrected chi connectivity index (χ0v) is 27.3. The van der Waals surface area contributed by atoms with Crippen molar-refractivity contribution in [1.29, 1.82) is 0 Å². The molecule has 0 bridgehead atoms. The van der Waals surface area contributed by atoms with Gasteiger partial charge < -0.3 is 25.4 Å². The maximum atomic E-state index is 13.6. The number of para-hydroxylation sites is 2. The summed E-state index contributed by atoms with van der Waals surface area (Å²) in [6.07, 6.45) is 3.16. The van der Waals surface area contributed by atoms with Crippen molar-refractivity contribution in [3.8, 4) is 5.75 Å². The van der Waals surface area contributed by atoms with E-state index in [9.17, 15) is 9.59 Å². The van der Waals surface area contributed by atoms with Crippen molar-refractivity contribution < 1.29 is 19.1 Å². The second-order valence-corrected chi connectivity index (χ2v) is 13.2. The van der Waals surface area contributed by atoms with Gasteiger partial charge >= 0.3 is 5.97 Å². The van der Waals surface area contributed by atoms with Crippen molar-refractivity contribution in [2.45, 2.75) is 48.7 Å². The molecule has 228 valence electrons. The van der Waals surface area contributed by atoms with Crippen molar-refractivity contribution >= 4 is 68.7 Å². The Bertz CT molecular complexity index is 1640. The quantitative estimate of drug-likeness (QED) is 0.0905. The van der Waals surface area contributed by atoms with Crippen LogP contribution in [0, 0.1) is 0 Å². The number of esters is 1. The molecule has 0 spiro atoms. The van der Waals surface area contributed by atoms with Crippen molar-refractivity contribution in [3.63, 3.8) is 0 Å². The van der Waals surface area contributed by atoms with E-state index in [1.807, 2.05) is 61.5 Å². The summed E-state index contributed by atoms with van der Waals surface area (Å²) < 4.78 is 10.5. The van der Waals surface area contributed by atoms with Crippen molar-refractivity contribution in [2.75, 3.05) is 30.2 Å². The molecule has 0 saturated heterocycles. The molecule has 1 aliphatic carbocycles. The summed E-state index contributed by atoms with van der Waals surface area (Å²) in [4.78, 5) is 28.6. The third-order valence-electron chi connectivity index (χ3n) is 7.55. The molecule has 10 heteroatoms. The lowest BCUT2D eigenvalue weighted by molar-refractivity contribution is -0.115. The van der Waals surface area contributed by atoms with Gasteiger partial charge in [0.2, 0.25) is 5.91 Å². The molecule has 44 heavy (non-hydrogen) atoms. The van der Waals surface area contributed by atoms with Gasteiger partial charge in [-0.3, -0.25) is 4.79 Å². The molecule has 0 saturated carbocycles. The van der Waals surface area contributed by atoms with Gasteiger partial charge in [0.1, 0.15) is 10.8 Å². The van der Waals surface area contributed by atoms with Crippen LogP contribution in [-0.4, -0.2) is 36.5 Å². The molecule has 5 rings (SSSR count). The largest absolute Gasteiger partial charge is 0.495 e. The van der Waals surface area contributed by atoms with Gasteiger partial charge in [-0.05, 0) is 85.3 Å². The number of amides is 1. The fraction of sp³-hybridized carbons (Fsp3) is 0.265. The third kappa shape index (κ3) is 7.43. The van der Waals surface area contributed by atoms with Crippen molar-refractivity contribution in [3.05, 3.63) is 100 Å². The number of thioether (sulfide) groups is 1. The number of hydrogen-bond acceptors (Lipinski definition) is 7. The van der Waals surface area contributed by atoms with Crippen LogP contribution in [0.25, 0.3) is 0 Å². The summed E-state index contributed by atoms with van der Waals surface area (Å²) in [6.45, 7) is 1.98. The van der Waals surface area contributed by atoms with Crippen LogP contribution >= 0.6 is 35.3 Å². The third-order valence-corrected chi connectivity index (χ3v) is 10.3. The van der Waals surface area contributed by atoms with Crippen LogP contribution in [0.5, 0.6) is 5.75 Å². The van der Waals surface area contributed by atoms with Crippen LogP contribution in [0.3, 0.4) is 0 Å². The number of thiocarbonyl (C=S) groups is 1. The second-order valence-electron chi connectivity index (χ2n) is 10.4. The molecular formula is C34H35N3O4S3. The van der Waals surface area contributed by atoms with Crippen LogP contribution < -0.4 is 20.7 Å². The second kappa shape index (κ2) is 14.7. The Morgan fingerprint density at radius 3 is 2.52 bits per heavy atom. The predicted octanol–water partition coefficient (Wildman–Crippen LogP) is 8.13. The first-order chi connectivity index (χ1) is 21.4. The van der Waals surface area contributed by atoms with E-state index in [4.69, 9.17) is 21.7 Å². The average Bonchev–Trinajstić information content (AvgIpc) is 3.40. The Morgan fingerprint density at radius 1 is 1.00 bits per heavy atom. The molecule has 2 atom stereocenters. The van der Waals surface area contributed by atoms with Gasteiger partial charge in [0.05, 0.1) is 30.7 Å². The number of carbonyl (C=O) groups excluding carboxylic acids is 2. The molecule has 1 amide bonds. The lowest BCUT2D eigenvalue weighted by Crippen LogP contribution is -2.25. The molecule has 4 aromatic rings. The molecular weight excluding hydrogens is 611 g/mol. The topological polar surface area (TPSA) is 88.7 Å². The van der Waals surface area contributed by atoms with E-state index in [0.717, 1.165) is 46.0 Å². The molecule has 1 heterocycles. The summed E-state index contributed by atoms with van der Waals surface area (Å²) in [5, 5.41) is 10.1. The normalized spacial score (nSPS) is 14.6. The minimum absolute atomic E-state index is 0.146. The molecule has 1 aliphatic rings. The Balaban J connectivity index is 1.27. The number of thiophene rings is 1. The van der Waals surface area contributed by atoms with Crippen LogP contribution in [0.2, 0.25) is 0 Å². The number of rotatable bonds is 10. The van der Waals surface area contributed by atoms with Crippen LogP contribution in [0.15, 0.2) is 83.8 Å². The van der Waals surface area contributed by atoms with E-state index in [2.05, 4.69) is 40.2 Å². The Labute approximate surface area is 271 Å². The first-order valence-electron chi connectivity index (χ1n) is 14.5. The van der Waals surface area contributed by atoms with Gasteiger partial charge in [-0.1, -0.05) is 55.5 Å². The van der Waals surface area contributed by atoms with Crippen molar-refractivity contribution in [2.24, 2.45) is 0 Å². The van der Waals surface area contributed by atoms with Gasteiger partial charge in [0, 0.05) is 15.5 Å². The van der Waals surface area contributed by atoms with E-state index in [0.29, 0.717) is 33.8 Å². The van der Waals surface area contributed by atoms with Crippen molar-refractivity contribution in [1.82, 2.24) is 0 Å². The molecule has 0 aliphatic heterocycles. The number of ether oxygens (including phenoxy) is 2. The van der Waals surface area contributed by atoms with Gasteiger partial charge in [-0.15, -0.1) is 23.1 Å². The Hall–Kier alpha value is -3.86. The highest BCUT2D eigenvalue weighted by Gasteiger charge is 2.31. The van der Waals surface area contributed by atoms with Gasteiger partial charge in [0.25, 0.3) is 0 Å². The molecule has 3 aromatic carbocycles. The fourth-order valence-corrected chi connectivity index (χ4v) is 7.92. The lowest BCUT2D eigenvalue weighted by atomic mass is 9.83. The number of fused-ring (bicyclic) bond motifs is 1. The summed E-state index contributed by atoms with van der Waals surface area (Å²) >= 11 is 8.49. The van der Waals surface area contributed by atoms with Gasteiger partial charge in [0.15, 0.2) is 5.11 Å². The smallest absolute Gasteiger partial charge is 0.341 e. The number of hydrogen-bond donors (Lipinski definition) is 3. The summed E-state index contributed by atoms with van der Waals surface area (Å²) in [7, 11) is 3.00. The molecule has 3 N–H and O–H groups in total. The van der Waals surface area contributed by atoms with E-state index in [-0.39, 0.29) is 11.2 Å². The highest BCUT2D eigenvalue weighted by Crippen LogP contribution is 2.43. The number of benzene rings is 3. The average molecular weight is 646 g/mol. The van der Waals surface area contributed by atoms with E-state index in [1.54, 1.807) is 7.11 Å². The highest BCUT2D eigenvalue weighted by molar-refractivity contribution is 8.00. The standard InChI is InChI=1S/C34H35N3O4S3/c1-4-28(43-24-14-10-13-23(20-24)35-34(42)36-26-15-8-9-16-27(26)40-2)31(38)37-32-30(33(39)41-3)25-18-17-22(19-29(25)44-32)21-11-6-5-7-12-21/h5-16,20,22,28H,4,17-19H2,1-3H3,(H,37,38)(H2,35,36,42). The summed E-state index contributed by atoms with van der Waals surface area (Å²) in [5.41, 5.74) is 4.35. The first kappa shape index (κ1) is 31.6. The van der Waals surface area contributed by atoms with E-state index < -0.39 is 5.97 Å². The molecule has 2 unspecified atom stereocenters. The van der Waals surface area contributed by atoms with Crippen LogP contribution in [0.1, 0.15) is 52.0 Å².